The van der Waals surface area contributed by atoms with Crippen molar-refractivity contribution in [1.29, 1.82) is 0 Å². The summed E-state index contributed by atoms with van der Waals surface area (Å²) in [5, 5.41) is 0. The average Bonchev–Trinajstić information content (AvgIpc) is 2.40. The molecule has 0 saturated carbocycles. The molecule has 0 N–H and O–H groups in total. The van der Waals surface area contributed by atoms with Gasteiger partial charge in [0.15, 0.2) is 0 Å². The predicted octanol–water partition coefficient (Wildman–Crippen LogP) is 1.51. The zero-order valence-corrected chi connectivity index (χ0v) is 7.68. The molecule has 0 aromatic carbocycles. The van der Waals surface area contributed by atoms with E-state index in [0.29, 0.717) is 6.10 Å². The van der Waals surface area contributed by atoms with Crippen LogP contribution in [0.5, 0.6) is 0 Å². The summed E-state index contributed by atoms with van der Waals surface area (Å²) < 4.78 is 5.53. The zero-order chi connectivity index (χ0) is 8.10. The Morgan fingerprint density at radius 2 is 2.36 bits per heavy atom. The molecule has 1 fully saturated rings. The monoisotopic (exact) mass is 157 g/mol. The maximum absolute atomic E-state index is 5.53. The van der Waals surface area contributed by atoms with E-state index in [0.717, 1.165) is 13.2 Å². The van der Waals surface area contributed by atoms with E-state index in [1.54, 1.807) is 0 Å². The third-order valence-corrected chi connectivity index (χ3v) is 2.14. The molecule has 2 nitrogen and oxygen atoms in total. The van der Waals surface area contributed by atoms with Crippen LogP contribution in [-0.2, 0) is 4.74 Å². The fraction of sp³-hybridized carbons (Fsp3) is 1.00. The molecule has 11 heavy (non-hydrogen) atoms. The Labute approximate surface area is 69.5 Å². The molecule has 1 atom stereocenters. The lowest BCUT2D eigenvalue weighted by Crippen LogP contribution is -2.29. The summed E-state index contributed by atoms with van der Waals surface area (Å²) in [6.45, 7) is 5.50. The summed E-state index contributed by atoms with van der Waals surface area (Å²) in [5.41, 5.74) is 0. The summed E-state index contributed by atoms with van der Waals surface area (Å²) in [7, 11) is 2.17. The molecule has 0 aromatic heterocycles. The normalized spacial score (nSPS) is 24.8. The first-order valence-corrected chi connectivity index (χ1v) is 4.63. The van der Waals surface area contributed by atoms with Gasteiger partial charge in [-0.25, -0.2) is 0 Å². The smallest absolute Gasteiger partial charge is 0.0702 e. The summed E-state index contributed by atoms with van der Waals surface area (Å²) in [6, 6.07) is 0. The molecule has 0 bridgehead atoms. The predicted molar refractivity (Wildman–Crippen MR) is 46.8 cm³/mol. The highest BCUT2D eigenvalue weighted by Gasteiger charge is 2.16. The first-order valence-electron chi connectivity index (χ1n) is 4.63. The number of ether oxygens (including phenoxy) is 1. The zero-order valence-electron chi connectivity index (χ0n) is 7.68. The summed E-state index contributed by atoms with van der Waals surface area (Å²) in [4.78, 5) is 2.36. The van der Waals surface area contributed by atoms with Crippen LogP contribution in [0.3, 0.4) is 0 Å². The molecule has 1 aliphatic heterocycles. The molecule has 1 unspecified atom stereocenters. The van der Waals surface area contributed by atoms with E-state index in [2.05, 4.69) is 18.9 Å². The highest BCUT2D eigenvalue weighted by molar-refractivity contribution is 4.67. The van der Waals surface area contributed by atoms with Gasteiger partial charge in [0, 0.05) is 13.2 Å². The Balaban J connectivity index is 2.08. The molecule has 0 amide bonds. The molecular formula is C9H19NO. The van der Waals surface area contributed by atoms with Gasteiger partial charge >= 0.3 is 0 Å². The van der Waals surface area contributed by atoms with Gasteiger partial charge in [0.1, 0.15) is 0 Å². The highest BCUT2D eigenvalue weighted by atomic mass is 16.5. The molecule has 0 aliphatic carbocycles. The van der Waals surface area contributed by atoms with Crippen molar-refractivity contribution in [2.45, 2.75) is 32.3 Å². The van der Waals surface area contributed by atoms with Crippen molar-refractivity contribution in [2.75, 3.05) is 26.7 Å². The quantitative estimate of drug-likeness (QED) is 0.613. The van der Waals surface area contributed by atoms with Crippen molar-refractivity contribution in [3.05, 3.63) is 0 Å². The van der Waals surface area contributed by atoms with Crippen LogP contribution < -0.4 is 0 Å². The Bertz CT molecular complexity index is 99.7. The molecule has 0 aromatic rings. The van der Waals surface area contributed by atoms with E-state index in [4.69, 9.17) is 4.74 Å². The van der Waals surface area contributed by atoms with Gasteiger partial charge < -0.3 is 9.64 Å². The molecule has 66 valence electrons. The molecular weight excluding hydrogens is 138 g/mol. The van der Waals surface area contributed by atoms with Crippen LogP contribution in [0.4, 0.5) is 0 Å². The van der Waals surface area contributed by atoms with Crippen LogP contribution in [-0.4, -0.2) is 37.7 Å². The van der Waals surface area contributed by atoms with E-state index in [1.807, 2.05) is 0 Å². The van der Waals surface area contributed by atoms with Crippen LogP contribution in [0.2, 0.25) is 0 Å². The van der Waals surface area contributed by atoms with Gasteiger partial charge in [-0.1, -0.05) is 6.92 Å². The van der Waals surface area contributed by atoms with Gasteiger partial charge in [-0.3, -0.25) is 0 Å². The van der Waals surface area contributed by atoms with E-state index in [-0.39, 0.29) is 0 Å². The first kappa shape index (κ1) is 9.01. The molecule has 0 spiro atoms. The highest BCUT2D eigenvalue weighted by Crippen LogP contribution is 2.12. The van der Waals surface area contributed by atoms with Gasteiger partial charge in [-0.2, -0.15) is 0 Å². The minimum absolute atomic E-state index is 0.520. The van der Waals surface area contributed by atoms with E-state index >= 15 is 0 Å². The van der Waals surface area contributed by atoms with Gasteiger partial charge in [-0.05, 0) is 32.9 Å². The third kappa shape index (κ3) is 3.21. The van der Waals surface area contributed by atoms with Crippen molar-refractivity contribution in [1.82, 2.24) is 4.90 Å². The number of likely N-dealkylation sites (N-methyl/N-ethyl adjacent to an activating group) is 1. The van der Waals surface area contributed by atoms with E-state index in [9.17, 15) is 0 Å². The van der Waals surface area contributed by atoms with Gasteiger partial charge in [0.25, 0.3) is 0 Å². The van der Waals surface area contributed by atoms with Gasteiger partial charge in [0.2, 0.25) is 0 Å². The molecule has 1 rings (SSSR count). The number of hydrogen-bond donors (Lipinski definition) is 0. The topological polar surface area (TPSA) is 12.5 Å². The first-order chi connectivity index (χ1) is 5.33. The number of rotatable bonds is 4. The summed E-state index contributed by atoms with van der Waals surface area (Å²) in [5.74, 6) is 0. The van der Waals surface area contributed by atoms with Crippen LogP contribution in [0.1, 0.15) is 26.2 Å². The number of nitrogens with zero attached hydrogens (tertiary/aromatic N) is 1. The lowest BCUT2D eigenvalue weighted by molar-refractivity contribution is 0.0813. The Kier molecular flexibility index (Phi) is 3.87. The maximum Gasteiger partial charge on any atom is 0.0702 e. The van der Waals surface area contributed by atoms with Crippen molar-refractivity contribution >= 4 is 0 Å². The minimum Gasteiger partial charge on any atom is -0.377 e. The molecule has 1 heterocycles. The summed E-state index contributed by atoms with van der Waals surface area (Å²) in [6.07, 6.45) is 4.27. The SMILES string of the molecule is CCCN(C)CC1CCCO1. The van der Waals surface area contributed by atoms with Crippen LogP contribution in [0, 0.1) is 0 Å². The van der Waals surface area contributed by atoms with E-state index < -0.39 is 0 Å². The average molecular weight is 157 g/mol. The van der Waals surface area contributed by atoms with Crippen LogP contribution in [0.15, 0.2) is 0 Å². The summed E-state index contributed by atoms with van der Waals surface area (Å²) >= 11 is 0. The van der Waals surface area contributed by atoms with Crippen molar-refractivity contribution < 1.29 is 4.74 Å². The van der Waals surface area contributed by atoms with Crippen molar-refractivity contribution in [3.8, 4) is 0 Å². The molecule has 1 aliphatic rings. The molecule has 1 saturated heterocycles. The second kappa shape index (κ2) is 4.73. The second-order valence-corrected chi connectivity index (χ2v) is 3.40. The van der Waals surface area contributed by atoms with E-state index in [1.165, 1.54) is 25.8 Å². The fourth-order valence-electron chi connectivity index (χ4n) is 1.61. The van der Waals surface area contributed by atoms with Crippen LogP contribution >= 0.6 is 0 Å². The molecule has 0 radical (unpaired) electrons. The maximum atomic E-state index is 5.53. The Morgan fingerprint density at radius 3 is 2.91 bits per heavy atom. The fourth-order valence-corrected chi connectivity index (χ4v) is 1.61. The van der Waals surface area contributed by atoms with Crippen molar-refractivity contribution in [2.24, 2.45) is 0 Å². The lowest BCUT2D eigenvalue weighted by atomic mass is 10.2. The second-order valence-electron chi connectivity index (χ2n) is 3.40. The standard InChI is InChI=1S/C9H19NO/c1-3-6-10(2)8-9-5-4-7-11-9/h9H,3-8H2,1-2H3. The lowest BCUT2D eigenvalue weighted by Gasteiger charge is -2.19. The third-order valence-electron chi connectivity index (χ3n) is 2.14. The Hall–Kier alpha value is -0.0800. The number of hydrogen-bond acceptors (Lipinski definition) is 2. The van der Waals surface area contributed by atoms with Gasteiger partial charge in [0.05, 0.1) is 6.10 Å². The van der Waals surface area contributed by atoms with Crippen molar-refractivity contribution in [3.63, 3.8) is 0 Å². The largest absolute Gasteiger partial charge is 0.377 e. The van der Waals surface area contributed by atoms with Crippen LogP contribution in [0.25, 0.3) is 0 Å². The Morgan fingerprint density at radius 1 is 1.55 bits per heavy atom. The van der Waals surface area contributed by atoms with Gasteiger partial charge in [-0.15, -0.1) is 0 Å². The minimum atomic E-state index is 0.520. The molecule has 2 heteroatoms.